The molecule has 0 radical (unpaired) electrons. The summed E-state index contributed by atoms with van der Waals surface area (Å²) < 4.78 is 26.5. The van der Waals surface area contributed by atoms with E-state index in [2.05, 4.69) is 15.4 Å². The minimum absolute atomic E-state index is 0.108. The number of nitrogens with one attached hydrogen (secondary N) is 1. The fourth-order valence-corrected chi connectivity index (χ4v) is 5.67. The lowest BCUT2D eigenvalue weighted by atomic mass is 9.89. The van der Waals surface area contributed by atoms with Gasteiger partial charge in [0.1, 0.15) is 30.4 Å². The third kappa shape index (κ3) is 6.38. The lowest BCUT2D eigenvalue weighted by Gasteiger charge is -2.34. The van der Waals surface area contributed by atoms with Crippen LogP contribution in [0.3, 0.4) is 0 Å². The van der Waals surface area contributed by atoms with Gasteiger partial charge in [-0.3, -0.25) is 4.90 Å². The van der Waals surface area contributed by atoms with Crippen LogP contribution in [0.15, 0.2) is 22.7 Å². The van der Waals surface area contributed by atoms with Crippen LogP contribution in [-0.4, -0.2) is 76.7 Å². The van der Waals surface area contributed by atoms with Gasteiger partial charge in [0.15, 0.2) is 5.82 Å². The molecule has 3 aromatic rings. The van der Waals surface area contributed by atoms with E-state index in [1.54, 1.807) is 32.2 Å². The molecule has 2 aromatic heterocycles. The summed E-state index contributed by atoms with van der Waals surface area (Å²) in [5, 5.41) is 17.8. The van der Waals surface area contributed by atoms with E-state index in [9.17, 15) is 5.11 Å². The van der Waals surface area contributed by atoms with Crippen LogP contribution in [0, 0.1) is 19.8 Å². The molecule has 1 aliphatic heterocycles. The molecule has 210 valence electrons. The van der Waals surface area contributed by atoms with Crippen LogP contribution in [-0.2, 0) is 6.42 Å². The number of aliphatic hydroxyl groups is 1. The highest BCUT2D eigenvalue weighted by Crippen LogP contribution is 2.39. The lowest BCUT2D eigenvalue weighted by Crippen LogP contribution is -2.43. The normalized spacial score (nSPS) is 20.8. The zero-order valence-corrected chi connectivity index (χ0v) is 23.9. The topological polar surface area (TPSA) is 96.5 Å². The molecule has 1 aromatic carbocycles. The Labute approximate surface area is 237 Å². The summed E-state index contributed by atoms with van der Waals surface area (Å²) >= 11 is 13.5. The van der Waals surface area contributed by atoms with E-state index in [1.807, 2.05) is 6.92 Å². The highest BCUT2D eigenvalue weighted by Gasteiger charge is 2.37. The van der Waals surface area contributed by atoms with Crippen LogP contribution in [0.2, 0.25) is 10.0 Å². The molecule has 8 nitrogen and oxygen atoms in total. The molecule has 0 amide bonds. The number of piperidine rings is 1. The quantitative estimate of drug-likeness (QED) is 0.345. The maximum atomic E-state index is 15.3. The second kappa shape index (κ2) is 12.1. The first kappa shape index (κ1) is 28.2. The van der Waals surface area contributed by atoms with Gasteiger partial charge >= 0.3 is 0 Å². The van der Waals surface area contributed by atoms with Crippen LogP contribution >= 0.6 is 23.2 Å². The lowest BCUT2D eigenvalue weighted by molar-refractivity contribution is 0.0793. The smallest absolute Gasteiger partial charge is 0.161 e. The van der Waals surface area contributed by atoms with Crippen molar-refractivity contribution in [3.8, 4) is 28.4 Å². The minimum Gasteiger partial charge on any atom is -0.491 e. The monoisotopic (exact) mass is 577 g/mol. The van der Waals surface area contributed by atoms with Crippen molar-refractivity contribution in [2.24, 2.45) is 5.92 Å². The molecule has 3 heterocycles. The highest BCUT2D eigenvalue weighted by atomic mass is 35.5. The standard InChI is InChI=1S/C28H34Cl2FN5O3/c1-15-25(16(2)39-35-15)27-26(30)24(10-17-8-9-36(13-23(17)31)18-4-5-18)33-28(34-27)21-11-20(6-7-22(21)29)38-14-19(37)12-32-3/h6-7,11,17-19,23,32,37H,4-5,8-10,12-14H2,1-3H3/t17-,19-,23-/m1/s1. The highest BCUT2D eigenvalue weighted by molar-refractivity contribution is 6.34. The van der Waals surface area contributed by atoms with Crippen molar-refractivity contribution in [3.63, 3.8) is 0 Å². The van der Waals surface area contributed by atoms with Crippen molar-refractivity contribution in [3.05, 3.63) is 45.4 Å². The largest absolute Gasteiger partial charge is 0.491 e. The number of aliphatic hydroxyl groups excluding tert-OH is 1. The first-order chi connectivity index (χ1) is 18.7. The van der Waals surface area contributed by atoms with E-state index in [1.165, 1.54) is 0 Å². The molecule has 1 saturated carbocycles. The van der Waals surface area contributed by atoms with Crippen LogP contribution < -0.4 is 10.1 Å². The van der Waals surface area contributed by atoms with Gasteiger partial charge in [-0.05, 0) is 77.2 Å². The Hall–Kier alpha value is -2.30. The van der Waals surface area contributed by atoms with Crippen LogP contribution in [0.4, 0.5) is 4.39 Å². The molecule has 2 N–H and O–H groups in total. The van der Waals surface area contributed by atoms with E-state index in [0.717, 1.165) is 25.8 Å². The molecule has 1 aliphatic carbocycles. The molecule has 11 heteroatoms. The fourth-order valence-electron chi connectivity index (χ4n) is 5.21. The number of aromatic nitrogens is 3. The number of likely N-dealkylation sites (N-methyl/N-ethyl adjacent to an activating group) is 1. The third-order valence-electron chi connectivity index (χ3n) is 7.48. The minimum atomic E-state index is -0.958. The summed E-state index contributed by atoms with van der Waals surface area (Å²) in [4.78, 5) is 11.9. The predicted molar refractivity (Wildman–Crippen MR) is 149 cm³/mol. The molecule has 1 saturated heterocycles. The van der Waals surface area contributed by atoms with Crippen LogP contribution in [0.1, 0.15) is 36.4 Å². The van der Waals surface area contributed by atoms with E-state index >= 15 is 4.39 Å². The predicted octanol–water partition coefficient (Wildman–Crippen LogP) is 5.05. The number of halogens is 3. The number of hydrogen-bond donors (Lipinski definition) is 2. The molecular formula is C28H34Cl2FN5O3. The average Bonchev–Trinajstić information content (AvgIpc) is 3.71. The summed E-state index contributed by atoms with van der Waals surface area (Å²) in [6.07, 6.45) is 1.83. The van der Waals surface area contributed by atoms with E-state index < -0.39 is 12.3 Å². The molecule has 2 fully saturated rings. The first-order valence-electron chi connectivity index (χ1n) is 13.4. The summed E-state index contributed by atoms with van der Waals surface area (Å²) in [7, 11) is 1.76. The molecule has 0 spiro atoms. The Morgan fingerprint density at radius 2 is 2.03 bits per heavy atom. The molecule has 0 unspecified atom stereocenters. The number of aryl methyl sites for hydroxylation is 2. The molecule has 2 aliphatic rings. The van der Waals surface area contributed by atoms with Gasteiger partial charge in [-0.2, -0.15) is 0 Å². The Balaban J connectivity index is 1.50. The second-order valence-electron chi connectivity index (χ2n) is 10.5. The van der Waals surface area contributed by atoms with Crippen molar-refractivity contribution in [1.82, 2.24) is 25.3 Å². The Morgan fingerprint density at radius 1 is 1.23 bits per heavy atom. The maximum Gasteiger partial charge on any atom is 0.161 e. The number of nitrogens with zero attached hydrogens (tertiary/aromatic N) is 4. The van der Waals surface area contributed by atoms with Gasteiger partial charge < -0.3 is 19.7 Å². The zero-order chi connectivity index (χ0) is 27.7. The molecule has 0 bridgehead atoms. The molecule has 39 heavy (non-hydrogen) atoms. The fraction of sp³-hybridized carbons (Fsp3) is 0.536. The number of ether oxygens (including phenoxy) is 1. The summed E-state index contributed by atoms with van der Waals surface area (Å²) in [6.45, 7) is 5.47. The van der Waals surface area contributed by atoms with Gasteiger partial charge in [-0.15, -0.1) is 0 Å². The van der Waals surface area contributed by atoms with Crippen molar-refractivity contribution in [2.45, 2.75) is 57.8 Å². The number of likely N-dealkylation sites (tertiary alicyclic amines) is 1. The second-order valence-corrected chi connectivity index (χ2v) is 11.3. The Morgan fingerprint density at radius 3 is 2.69 bits per heavy atom. The Bertz CT molecular complexity index is 1300. The van der Waals surface area contributed by atoms with E-state index in [0.29, 0.717) is 81.1 Å². The third-order valence-corrected chi connectivity index (χ3v) is 8.20. The summed E-state index contributed by atoms with van der Waals surface area (Å²) in [6, 6.07) is 5.71. The SMILES string of the molecule is CNC[C@@H](O)COc1ccc(Cl)c(-c2nc(C[C@H]3CCN(C4CC4)C[C@H]3F)c(Cl)c(-c3c(C)noc3C)n2)c1. The van der Waals surface area contributed by atoms with E-state index in [4.69, 9.17) is 42.4 Å². The van der Waals surface area contributed by atoms with Crippen molar-refractivity contribution in [2.75, 3.05) is 33.3 Å². The number of rotatable bonds is 10. The van der Waals surface area contributed by atoms with Gasteiger partial charge in [0, 0.05) is 24.7 Å². The van der Waals surface area contributed by atoms with Crippen molar-refractivity contribution < 1.29 is 18.8 Å². The molecule has 3 atom stereocenters. The number of alkyl halides is 1. The van der Waals surface area contributed by atoms with Gasteiger partial charge in [0.05, 0.1) is 32.7 Å². The van der Waals surface area contributed by atoms with E-state index in [-0.39, 0.29) is 12.5 Å². The van der Waals surface area contributed by atoms with Gasteiger partial charge in [0.25, 0.3) is 0 Å². The van der Waals surface area contributed by atoms with Gasteiger partial charge in [-0.1, -0.05) is 28.4 Å². The molecular weight excluding hydrogens is 544 g/mol. The van der Waals surface area contributed by atoms with Gasteiger partial charge in [0.2, 0.25) is 0 Å². The molecule has 5 rings (SSSR count). The van der Waals surface area contributed by atoms with Crippen molar-refractivity contribution >= 4 is 23.2 Å². The van der Waals surface area contributed by atoms with Crippen LogP contribution in [0.5, 0.6) is 5.75 Å². The summed E-state index contributed by atoms with van der Waals surface area (Å²) in [5.74, 6) is 1.24. The average molecular weight is 579 g/mol. The zero-order valence-electron chi connectivity index (χ0n) is 22.4. The summed E-state index contributed by atoms with van der Waals surface area (Å²) in [5.41, 5.74) is 2.92. The van der Waals surface area contributed by atoms with Crippen molar-refractivity contribution in [1.29, 1.82) is 0 Å². The first-order valence-corrected chi connectivity index (χ1v) is 14.1. The Kier molecular flexibility index (Phi) is 8.73. The van der Waals surface area contributed by atoms with Crippen LogP contribution in [0.25, 0.3) is 22.6 Å². The maximum absolute atomic E-state index is 15.3. The number of hydrogen-bond acceptors (Lipinski definition) is 8. The van der Waals surface area contributed by atoms with Gasteiger partial charge in [-0.25, -0.2) is 14.4 Å². The number of benzene rings is 1.